The number of hydrogen-bond donors (Lipinski definition) is 2. The molecule has 0 radical (unpaired) electrons. The van der Waals surface area contributed by atoms with E-state index < -0.39 is 0 Å². The van der Waals surface area contributed by atoms with Crippen molar-refractivity contribution in [2.24, 2.45) is 0 Å². The van der Waals surface area contributed by atoms with Crippen LogP contribution < -0.4 is 11.1 Å². The monoisotopic (exact) mass is 248 g/mol. The van der Waals surface area contributed by atoms with E-state index in [1.165, 1.54) is 0 Å². The van der Waals surface area contributed by atoms with Crippen molar-refractivity contribution in [3.05, 3.63) is 36.4 Å². The molecular formula is C14H20N2O2. The first-order valence-corrected chi connectivity index (χ1v) is 5.98. The van der Waals surface area contributed by atoms with Crippen LogP contribution in [0.3, 0.4) is 0 Å². The molecule has 0 saturated carbocycles. The zero-order chi connectivity index (χ0) is 13.4. The molecule has 98 valence electrons. The molecule has 1 aromatic carbocycles. The van der Waals surface area contributed by atoms with Crippen LogP contribution in [0.25, 0.3) is 0 Å². The molecule has 3 N–H and O–H groups in total. The summed E-state index contributed by atoms with van der Waals surface area (Å²) in [6.07, 6.45) is 2.82. The summed E-state index contributed by atoms with van der Waals surface area (Å²) in [5.41, 5.74) is 8.09. The molecule has 0 spiro atoms. The molecule has 1 aromatic rings. The number of hydrogen-bond acceptors (Lipinski definition) is 3. The molecule has 0 atom stereocenters. The minimum atomic E-state index is -0.0223. The van der Waals surface area contributed by atoms with Crippen LogP contribution >= 0.6 is 0 Å². The Bertz CT molecular complexity index is 416. The summed E-state index contributed by atoms with van der Waals surface area (Å²) in [7, 11) is 0. The number of carbonyl (C=O) groups is 1. The number of anilines is 2. The molecule has 0 unspecified atom stereocenters. The van der Waals surface area contributed by atoms with E-state index in [0.29, 0.717) is 31.7 Å². The number of ether oxygens (including phenoxy) is 1. The van der Waals surface area contributed by atoms with Gasteiger partial charge < -0.3 is 15.8 Å². The molecule has 0 aromatic heterocycles. The maximum absolute atomic E-state index is 11.7. The summed E-state index contributed by atoms with van der Waals surface area (Å²) < 4.78 is 5.21. The third-order valence-electron chi connectivity index (χ3n) is 2.46. The Morgan fingerprint density at radius 3 is 3.06 bits per heavy atom. The number of nitrogens with two attached hydrogens (primary N) is 1. The van der Waals surface area contributed by atoms with E-state index in [9.17, 15) is 4.79 Å². The Kier molecular flexibility index (Phi) is 5.94. The summed E-state index contributed by atoms with van der Waals surface area (Å²) in [5.74, 6) is -0.0223. The number of amides is 1. The maximum Gasteiger partial charge on any atom is 0.224 e. The summed E-state index contributed by atoms with van der Waals surface area (Å²) in [6, 6.07) is 5.47. The lowest BCUT2D eigenvalue weighted by Crippen LogP contribution is -2.13. The number of rotatable bonds is 7. The van der Waals surface area contributed by atoms with Gasteiger partial charge in [-0.2, -0.15) is 0 Å². The predicted molar refractivity (Wildman–Crippen MR) is 74.5 cm³/mol. The van der Waals surface area contributed by atoms with Crippen molar-refractivity contribution in [1.82, 2.24) is 0 Å². The summed E-state index contributed by atoms with van der Waals surface area (Å²) in [6.45, 7) is 6.57. The fourth-order valence-corrected chi connectivity index (χ4v) is 1.49. The van der Waals surface area contributed by atoms with E-state index in [2.05, 4.69) is 11.9 Å². The maximum atomic E-state index is 11.7. The van der Waals surface area contributed by atoms with Gasteiger partial charge in [0.1, 0.15) is 0 Å². The number of benzene rings is 1. The number of aryl methyl sites for hydroxylation is 1. The van der Waals surface area contributed by atoms with Gasteiger partial charge in [0.25, 0.3) is 0 Å². The van der Waals surface area contributed by atoms with Crippen molar-refractivity contribution in [3.63, 3.8) is 0 Å². The van der Waals surface area contributed by atoms with E-state index in [4.69, 9.17) is 10.5 Å². The van der Waals surface area contributed by atoms with E-state index in [1.807, 2.05) is 19.1 Å². The van der Waals surface area contributed by atoms with Crippen LogP contribution in [0.1, 0.15) is 18.4 Å². The normalized spacial score (nSPS) is 10.1. The van der Waals surface area contributed by atoms with Gasteiger partial charge >= 0.3 is 0 Å². The largest absolute Gasteiger partial charge is 0.399 e. The molecule has 4 nitrogen and oxygen atoms in total. The van der Waals surface area contributed by atoms with Crippen LogP contribution in [0.2, 0.25) is 0 Å². The quantitative estimate of drug-likeness (QED) is 0.442. The molecule has 0 bridgehead atoms. The average molecular weight is 248 g/mol. The SMILES string of the molecule is C=CCOCCCC(=O)Nc1cc(N)ccc1C. The molecule has 0 aliphatic carbocycles. The van der Waals surface area contributed by atoms with Gasteiger partial charge in [-0.3, -0.25) is 4.79 Å². The summed E-state index contributed by atoms with van der Waals surface area (Å²) in [5, 5.41) is 2.85. The smallest absolute Gasteiger partial charge is 0.224 e. The number of carbonyl (C=O) groups excluding carboxylic acids is 1. The third-order valence-corrected chi connectivity index (χ3v) is 2.46. The van der Waals surface area contributed by atoms with Crippen molar-refractivity contribution in [3.8, 4) is 0 Å². The van der Waals surface area contributed by atoms with Gasteiger partial charge in [0.15, 0.2) is 0 Å². The van der Waals surface area contributed by atoms with Gasteiger partial charge in [-0.05, 0) is 31.0 Å². The van der Waals surface area contributed by atoms with Crippen molar-refractivity contribution in [1.29, 1.82) is 0 Å². The van der Waals surface area contributed by atoms with Crippen molar-refractivity contribution in [2.45, 2.75) is 19.8 Å². The number of nitrogens with one attached hydrogen (secondary N) is 1. The summed E-state index contributed by atoms with van der Waals surface area (Å²) in [4.78, 5) is 11.7. The first-order chi connectivity index (χ1) is 8.63. The summed E-state index contributed by atoms with van der Waals surface area (Å²) >= 11 is 0. The second kappa shape index (κ2) is 7.50. The Morgan fingerprint density at radius 1 is 1.56 bits per heavy atom. The van der Waals surface area contributed by atoms with Gasteiger partial charge in [0.05, 0.1) is 6.61 Å². The van der Waals surface area contributed by atoms with E-state index in [-0.39, 0.29) is 5.91 Å². The van der Waals surface area contributed by atoms with Crippen LogP contribution in [-0.2, 0) is 9.53 Å². The minimum absolute atomic E-state index is 0.0223. The third kappa shape index (κ3) is 5.01. The van der Waals surface area contributed by atoms with Gasteiger partial charge in [-0.25, -0.2) is 0 Å². The Morgan fingerprint density at radius 2 is 2.33 bits per heavy atom. The molecular weight excluding hydrogens is 228 g/mol. The van der Waals surface area contributed by atoms with E-state index >= 15 is 0 Å². The second-order valence-electron chi connectivity index (χ2n) is 4.09. The zero-order valence-corrected chi connectivity index (χ0v) is 10.7. The molecule has 18 heavy (non-hydrogen) atoms. The molecule has 4 heteroatoms. The first-order valence-electron chi connectivity index (χ1n) is 5.98. The van der Waals surface area contributed by atoms with Gasteiger partial charge in [0, 0.05) is 24.4 Å². The number of nitrogen functional groups attached to an aromatic ring is 1. The van der Waals surface area contributed by atoms with Crippen molar-refractivity contribution in [2.75, 3.05) is 24.3 Å². The highest BCUT2D eigenvalue weighted by Gasteiger charge is 2.04. The predicted octanol–water partition coefficient (Wildman–Crippen LogP) is 2.50. The topological polar surface area (TPSA) is 64.3 Å². The lowest BCUT2D eigenvalue weighted by atomic mass is 10.1. The lowest BCUT2D eigenvalue weighted by molar-refractivity contribution is -0.116. The molecule has 0 saturated heterocycles. The average Bonchev–Trinajstić information content (AvgIpc) is 2.33. The van der Waals surface area contributed by atoms with Crippen LogP contribution in [0, 0.1) is 6.92 Å². The van der Waals surface area contributed by atoms with E-state index in [1.54, 1.807) is 12.1 Å². The van der Waals surface area contributed by atoms with Gasteiger partial charge in [0.2, 0.25) is 5.91 Å². The zero-order valence-electron chi connectivity index (χ0n) is 10.7. The van der Waals surface area contributed by atoms with Crippen LogP contribution in [-0.4, -0.2) is 19.1 Å². The Hall–Kier alpha value is -1.81. The first kappa shape index (κ1) is 14.3. The lowest BCUT2D eigenvalue weighted by Gasteiger charge is -2.09. The molecule has 0 fully saturated rings. The van der Waals surface area contributed by atoms with Crippen LogP contribution in [0.15, 0.2) is 30.9 Å². The van der Waals surface area contributed by atoms with Crippen LogP contribution in [0.4, 0.5) is 11.4 Å². The Labute approximate surface area is 108 Å². The van der Waals surface area contributed by atoms with Crippen LogP contribution in [0.5, 0.6) is 0 Å². The highest BCUT2D eigenvalue weighted by molar-refractivity contribution is 5.91. The molecule has 0 aliphatic heterocycles. The fourth-order valence-electron chi connectivity index (χ4n) is 1.49. The molecule has 1 amide bonds. The van der Waals surface area contributed by atoms with Gasteiger partial charge in [-0.1, -0.05) is 12.1 Å². The second-order valence-corrected chi connectivity index (χ2v) is 4.09. The van der Waals surface area contributed by atoms with E-state index in [0.717, 1.165) is 11.3 Å². The fraction of sp³-hybridized carbons (Fsp3) is 0.357. The Balaban J connectivity index is 2.35. The standard InChI is InChI=1S/C14H20N2O2/c1-3-8-18-9-4-5-14(17)16-13-10-12(15)7-6-11(13)2/h3,6-7,10H,1,4-5,8-9,15H2,2H3,(H,16,17). The van der Waals surface area contributed by atoms with Crippen molar-refractivity contribution >= 4 is 17.3 Å². The molecule has 0 heterocycles. The van der Waals surface area contributed by atoms with Gasteiger partial charge in [-0.15, -0.1) is 6.58 Å². The molecule has 1 rings (SSSR count). The molecule has 0 aliphatic rings. The highest BCUT2D eigenvalue weighted by atomic mass is 16.5. The highest BCUT2D eigenvalue weighted by Crippen LogP contribution is 2.18. The van der Waals surface area contributed by atoms with Crippen molar-refractivity contribution < 1.29 is 9.53 Å². The minimum Gasteiger partial charge on any atom is -0.399 e.